The molecule has 0 unspecified atom stereocenters. The molecule has 0 aliphatic rings. The molecule has 0 aromatic carbocycles. The summed E-state index contributed by atoms with van der Waals surface area (Å²) in [7, 11) is 0. The summed E-state index contributed by atoms with van der Waals surface area (Å²) in [4.78, 5) is 35.9. The second-order valence-electron chi connectivity index (χ2n) is 1.45. The molecule has 0 spiro atoms. The fourth-order valence-corrected chi connectivity index (χ4v) is 0.403. The van der Waals surface area contributed by atoms with E-state index >= 15 is 0 Å². The van der Waals surface area contributed by atoms with Crippen molar-refractivity contribution in [3.05, 3.63) is 31.5 Å². The number of hydrogen-bond acceptors (Lipinski definition) is 5. The van der Waals surface area contributed by atoms with Crippen LogP contribution in [-0.2, 0) is 25.7 Å². The summed E-state index contributed by atoms with van der Waals surface area (Å²) in [6.45, 7) is 0. The van der Waals surface area contributed by atoms with Gasteiger partial charge in [0.25, 0.3) is 0 Å². The molecule has 1 heterocycles. The van der Waals surface area contributed by atoms with Crippen molar-refractivity contribution in [3.63, 3.8) is 0 Å². The topological polar surface area (TPSA) is 133 Å². The summed E-state index contributed by atoms with van der Waals surface area (Å²) in [6.07, 6.45) is 0. The third-order valence-corrected chi connectivity index (χ3v) is 0.681. The Morgan fingerprint density at radius 2 is 0.917 bits per heavy atom. The summed E-state index contributed by atoms with van der Waals surface area (Å²) < 4.78 is 17.0. The van der Waals surface area contributed by atoms with Crippen LogP contribution in [0.5, 0.6) is 0 Å². The van der Waals surface area contributed by atoms with Gasteiger partial charge in [0, 0.05) is 0 Å². The van der Waals surface area contributed by atoms with Crippen LogP contribution in [0.2, 0.25) is 0 Å². The van der Waals surface area contributed by atoms with Crippen molar-refractivity contribution in [2.45, 2.75) is 0 Å². The Kier molecular flexibility index (Phi) is 4.81. The van der Waals surface area contributed by atoms with Crippen molar-refractivity contribution in [2.75, 3.05) is 0 Å². The van der Waals surface area contributed by atoms with E-state index in [4.69, 9.17) is 6.65 Å². The van der Waals surface area contributed by atoms with E-state index < -0.39 is 36.2 Å². The van der Waals surface area contributed by atoms with Crippen molar-refractivity contribution < 1.29 is 25.7 Å². The van der Waals surface area contributed by atoms with Crippen LogP contribution in [0.3, 0.4) is 0 Å². The molecule has 0 amide bonds. The molecule has 0 aliphatic heterocycles. The van der Waals surface area contributed by atoms with E-state index in [1.165, 1.54) is 0 Å². The van der Waals surface area contributed by atoms with E-state index in [1.807, 2.05) is 0 Å². The molecule has 9 heteroatoms. The first-order valence-corrected chi connectivity index (χ1v) is 3.80. The fraction of sp³-hybridized carbons (Fsp3) is 0. The second kappa shape index (κ2) is 5.38. The van der Waals surface area contributed by atoms with E-state index in [9.17, 15) is 14.4 Å². The van der Waals surface area contributed by atoms with Gasteiger partial charge < -0.3 is 0 Å². The molecule has 1 aromatic rings. The van der Waals surface area contributed by atoms with E-state index in [0.717, 1.165) is 0 Å². The SMILES string of the molecule is O=c1[nH]c(=O)[nH]c(=O)[nH]1.[O]=[Ti]=[O]. The zero-order valence-electron chi connectivity index (χ0n) is 5.54. The molecule has 1 aromatic heterocycles. The zero-order chi connectivity index (χ0) is 9.56. The molecular formula is C3H3N3O5Ti. The predicted octanol–water partition coefficient (Wildman–Crippen LogP) is -2.49. The van der Waals surface area contributed by atoms with E-state index in [0.29, 0.717) is 0 Å². The second-order valence-corrected chi connectivity index (χ2v) is 1.71. The molecule has 0 atom stereocenters. The van der Waals surface area contributed by atoms with Crippen LogP contribution in [0.1, 0.15) is 0 Å². The molecule has 0 fully saturated rings. The first-order valence-electron chi connectivity index (χ1n) is 2.52. The summed E-state index contributed by atoms with van der Waals surface area (Å²) in [5.41, 5.74) is -2.41. The summed E-state index contributed by atoms with van der Waals surface area (Å²) >= 11 is -2.00. The molecule has 0 saturated heterocycles. The molecule has 12 heavy (non-hydrogen) atoms. The van der Waals surface area contributed by atoms with E-state index in [-0.39, 0.29) is 0 Å². The van der Waals surface area contributed by atoms with Crippen LogP contribution in [-0.4, -0.2) is 15.0 Å². The van der Waals surface area contributed by atoms with Gasteiger partial charge in [-0.15, -0.1) is 0 Å². The number of aromatic amines is 3. The summed E-state index contributed by atoms with van der Waals surface area (Å²) in [6, 6.07) is 0. The molecular weight excluding hydrogens is 206 g/mol. The maximum absolute atomic E-state index is 10.2. The minimum atomic E-state index is -2.00. The third-order valence-electron chi connectivity index (χ3n) is 0.681. The minimum absolute atomic E-state index is 0.802. The fourth-order valence-electron chi connectivity index (χ4n) is 0.403. The molecule has 0 saturated carbocycles. The maximum atomic E-state index is 10.2. The monoisotopic (exact) mass is 209 g/mol. The zero-order valence-corrected chi connectivity index (χ0v) is 7.10. The third kappa shape index (κ3) is 4.53. The van der Waals surface area contributed by atoms with Crippen molar-refractivity contribution in [1.29, 1.82) is 0 Å². The number of nitrogens with one attached hydrogen (secondary N) is 3. The Labute approximate surface area is 72.6 Å². The van der Waals surface area contributed by atoms with Crippen LogP contribution < -0.4 is 17.1 Å². The Morgan fingerprint density at radius 1 is 0.750 bits per heavy atom. The normalized spacial score (nSPS) is 7.67. The standard InChI is InChI=1S/C3H3N3O3.2O.Ti/c7-1-4-2(8)6-3(9)5-1;;;/h(H3,4,5,6,7,8,9);;;. The van der Waals surface area contributed by atoms with Gasteiger partial charge in [-0.1, -0.05) is 0 Å². The average molecular weight is 209 g/mol. The van der Waals surface area contributed by atoms with Crippen LogP contribution >= 0.6 is 0 Å². The number of hydrogen-bond donors (Lipinski definition) is 3. The number of rotatable bonds is 0. The quantitative estimate of drug-likeness (QED) is 0.406. The van der Waals surface area contributed by atoms with Crippen LogP contribution in [0.4, 0.5) is 0 Å². The van der Waals surface area contributed by atoms with Crippen LogP contribution in [0.25, 0.3) is 0 Å². The Morgan fingerprint density at radius 3 is 1.08 bits per heavy atom. The molecule has 0 aliphatic carbocycles. The Bertz CT molecular complexity index is 355. The summed E-state index contributed by atoms with van der Waals surface area (Å²) in [5.74, 6) is 0. The first-order chi connectivity index (χ1) is 5.60. The molecule has 64 valence electrons. The van der Waals surface area contributed by atoms with E-state index in [2.05, 4.69) is 0 Å². The van der Waals surface area contributed by atoms with Gasteiger partial charge in [0.15, 0.2) is 0 Å². The van der Waals surface area contributed by atoms with Gasteiger partial charge in [-0.05, 0) is 0 Å². The molecule has 0 bridgehead atoms. The van der Waals surface area contributed by atoms with E-state index in [1.54, 1.807) is 15.0 Å². The van der Waals surface area contributed by atoms with Crippen molar-refractivity contribution in [1.82, 2.24) is 15.0 Å². The van der Waals surface area contributed by atoms with Gasteiger partial charge in [0.1, 0.15) is 0 Å². The van der Waals surface area contributed by atoms with Gasteiger partial charge in [0.05, 0.1) is 0 Å². The molecule has 8 nitrogen and oxygen atoms in total. The van der Waals surface area contributed by atoms with Crippen molar-refractivity contribution >= 4 is 0 Å². The molecule has 0 radical (unpaired) electrons. The molecule has 1 rings (SSSR count). The van der Waals surface area contributed by atoms with Gasteiger partial charge in [-0.3, -0.25) is 15.0 Å². The van der Waals surface area contributed by atoms with Gasteiger partial charge in [0.2, 0.25) is 0 Å². The number of aromatic nitrogens is 3. The first kappa shape index (κ1) is 10.7. The van der Waals surface area contributed by atoms with Crippen molar-refractivity contribution in [2.24, 2.45) is 0 Å². The van der Waals surface area contributed by atoms with Crippen molar-refractivity contribution in [3.8, 4) is 0 Å². The van der Waals surface area contributed by atoms with Crippen LogP contribution in [0, 0.1) is 0 Å². The predicted molar refractivity (Wildman–Crippen MR) is 29.7 cm³/mol. The Hall–Kier alpha value is -1.28. The molecule has 3 N–H and O–H groups in total. The van der Waals surface area contributed by atoms with Gasteiger partial charge >= 0.3 is 42.8 Å². The van der Waals surface area contributed by atoms with Gasteiger partial charge in [-0.2, -0.15) is 0 Å². The average Bonchev–Trinajstić information content (AvgIpc) is 1.84. The summed E-state index contributed by atoms with van der Waals surface area (Å²) in [5, 5.41) is 0. The Balaban J connectivity index is 0.000000354. The van der Waals surface area contributed by atoms with Crippen LogP contribution in [0.15, 0.2) is 14.4 Å². The number of H-pyrrole nitrogens is 3. The van der Waals surface area contributed by atoms with Gasteiger partial charge in [-0.25, -0.2) is 14.4 Å².